The second kappa shape index (κ2) is 3.25. The molecule has 0 amide bonds. The molecular weight excluding hydrogens is 168 g/mol. The Morgan fingerprint density at radius 1 is 0.714 bits per heavy atom. The lowest BCUT2D eigenvalue weighted by Crippen LogP contribution is -2.03. The van der Waals surface area contributed by atoms with Crippen molar-refractivity contribution in [2.24, 2.45) is 5.92 Å². The van der Waals surface area contributed by atoms with Crippen molar-refractivity contribution in [2.75, 3.05) is 0 Å². The average molecular weight is 188 g/mol. The van der Waals surface area contributed by atoms with Gasteiger partial charge in [0.2, 0.25) is 0 Å². The zero-order valence-corrected chi connectivity index (χ0v) is 9.23. The zero-order chi connectivity index (χ0) is 9.54. The fourth-order valence-corrected chi connectivity index (χ4v) is 3.71. The van der Waals surface area contributed by atoms with Crippen LogP contribution in [0.1, 0.15) is 58.3 Å². The van der Waals surface area contributed by atoms with E-state index in [0.717, 1.165) is 5.92 Å². The molecule has 3 rings (SSSR count). The molecule has 0 saturated carbocycles. The van der Waals surface area contributed by atoms with Gasteiger partial charge >= 0.3 is 0 Å². The highest BCUT2D eigenvalue weighted by molar-refractivity contribution is 5.51. The molecular formula is C14H20. The molecule has 0 N–H and O–H groups in total. The van der Waals surface area contributed by atoms with Crippen LogP contribution in [0.5, 0.6) is 0 Å². The third-order valence-electron chi connectivity index (χ3n) is 4.43. The second-order valence-corrected chi connectivity index (χ2v) is 5.14. The zero-order valence-electron chi connectivity index (χ0n) is 9.23. The van der Waals surface area contributed by atoms with Crippen molar-refractivity contribution in [3.05, 3.63) is 22.3 Å². The highest BCUT2D eigenvalue weighted by Gasteiger charge is 2.32. The number of rotatable bonds is 0. The third kappa shape index (κ3) is 1.12. The van der Waals surface area contributed by atoms with Gasteiger partial charge in [-0.05, 0) is 68.4 Å². The second-order valence-electron chi connectivity index (χ2n) is 5.14. The molecule has 3 aliphatic carbocycles. The minimum atomic E-state index is 0.834. The van der Waals surface area contributed by atoms with Gasteiger partial charge in [0.1, 0.15) is 0 Å². The average Bonchev–Trinajstić information content (AvgIpc) is 2.55. The van der Waals surface area contributed by atoms with Crippen molar-refractivity contribution in [1.82, 2.24) is 0 Å². The molecule has 0 nitrogen and oxygen atoms in total. The molecule has 0 saturated heterocycles. The smallest absolute Gasteiger partial charge is 0.000958 e. The molecule has 0 aromatic carbocycles. The summed E-state index contributed by atoms with van der Waals surface area (Å²) in [6.07, 6.45) is 11.4. The molecule has 0 bridgehead atoms. The van der Waals surface area contributed by atoms with Crippen molar-refractivity contribution in [3.8, 4) is 0 Å². The Hall–Kier alpha value is -0.520. The molecule has 0 fully saturated rings. The van der Waals surface area contributed by atoms with Crippen molar-refractivity contribution < 1.29 is 0 Å². The highest BCUT2D eigenvalue weighted by Crippen LogP contribution is 2.49. The quantitative estimate of drug-likeness (QED) is 0.529. The molecule has 14 heavy (non-hydrogen) atoms. The summed E-state index contributed by atoms with van der Waals surface area (Å²) in [5.74, 6) is 0.834. The van der Waals surface area contributed by atoms with Gasteiger partial charge in [-0.15, -0.1) is 0 Å². The van der Waals surface area contributed by atoms with Crippen LogP contribution in [0.4, 0.5) is 0 Å². The van der Waals surface area contributed by atoms with Crippen LogP contribution >= 0.6 is 0 Å². The first-order valence-electron chi connectivity index (χ1n) is 6.32. The van der Waals surface area contributed by atoms with Gasteiger partial charge in [0.15, 0.2) is 0 Å². The van der Waals surface area contributed by atoms with Gasteiger partial charge < -0.3 is 0 Å². The Morgan fingerprint density at radius 2 is 1.14 bits per heavy atom. The molecule has 0 atom stereocenters. The molecule has 0 aromatic heterocycles. The number of hydrogen-bond donors (Lipinski definition) is 0. The first-order valence-corrected chi connectivity index (χ1v) is 6.32. The Labute approximate surface area is 87.1 Å². The van der Waals surface area contributed by atoms with E-state index in [1.165, 1.54) is 51.4 Å². The van der Waals surface area contributed by atoms with E-state index >= 15 is 0 Å². The first kappa shape index (κ1) is 8.76. The molecule has 76 valence electrons. The lowest BCUT2D eigenvalue weighted by molar-refractivity contribution is 0.615. The van der Waals surface area contributed by atoms with E-state index < -0.39 is 0 Å². The maximum absolute atomic E-state index is 2.45. The summed E-state index contributed by atoms with van der Waals surface area (Å²) >= 11 is 0. The van der Waals surface area contributed by atoms with Crippen LogP contribution in [0.15, 0.2) is 22.3 Å². The maximum atomic E-state index is 2.45. The predicted octanol–water partition coefficient (Wildman–Crippen LogP) is 4.38. The van der Waals surface area contributed by atoms with Gasteiger partial charge in [-0.2, -0.15) is 0 Å². The van der Waals surface area contributed by atoms with Crippen LogP contribution in [-0.2, 0) is 0 Å². The van der Waals surface area contributed by atoms with Crippen LogP contribution in [0.2, 0.25) is 0 Å². The minimum absolute atomic E-state index is 0.834. The summed E-state index contributed by atoms with van der Waals surface area (Å²) in [6.45, 7) is 2.45. The maximum Gasteiger partial charge on any atom is -0.000958 e. The Kier molecular flexibility index (Phi) is 2.04. The van der Waals surface area contributed by atoms with Gasteiger partial charge in [0.05, 0.1) is 0 Å². The molecule has 3 aliphatic rings. The highest BCUT2D eigenvalue weighted by atomic mass is 14.4. The summed E-state index contributed by atoms with van der Waals surface area (Å²) in [4.78, 5) is 0. The fourth-order valence-electron chi connectivity index (χ4n) is 3.71. The van der Waals surface area contributed by atoms with Crippen molar-refractivity contribution >= 4 is 0 Å². The van der Waals surface area contributed by atoms with Crippen LogP contribution in [-0.4, -0.2) is 0 Å². The van der Waals surface area contributed by atoms with E-state index in [1.807, 2.05) is 22.3 Å². The summed E-state index contributed by atoms with van der Waals surface area (Å²) in [5.41, 5.74) is 7.31. The van der Waals surface area contributed by atoms with Gasteiger partial charge in [0.25, 0.3) is 0 Å². The van der Waals surface area contributed by atoms with E-state index in [2.05, 4.69) is 6.92 Å². The van der Waals surface area contributed by atoms with Gasteiger partial charge in [0, 0.05) is 0 Å². The number of fused-ring (bicyclic) bond motifs is 1. The van der Waals surface area contributed by atoms with E-state index in [0.29, 0.717) is 0 Å². The van der Waals surface area contributed by atoms with Crippen LogP contribution in [0, 0.1) is 5.92 Å². The third-order valence-corrected chi connectivity index (χ3v) is 4.43. The molecule has 0 radical (unpaired) electrons. The van der Waals surface area contributed by atoms with E-state index in [4.69, 9.17) is 0 Å². The Morgan fingerprint density at radius 3 is 1.64 bits per heavy atom. The molecule has 0 aliphatic heterocycles. The lowest BCUT2D eigenvalue weighted by atomic mass is 9.87. The Balaban J connectivity index is 2.02. The fraction of sp³-hybridized carbons (Fsp3) is 0.714. The largest absolute Gasteiger partial charge is 0.0598 e. The lowest BCUT2D eigenvalue weighted by Gasteiger charge is -2.18. The van der Waals surface area contributed by atoms with Gasteiger partial charge in [-0.25, -0.2) is 0 Å². The van der Waals surface area contributed by atoms with E-state index in [1.54, 1.807) is 0 Å². The predicted molar refractivity (Wildman–Crippen MR) is 60.2 cm³/mol. The minimum Gasteiger partial charge on any atom is -0.0598 e. The summed E-state index contributed by atoms with van der Waals surface area (Å²) < 4.78 is 0. The van der Waals surface area contributed by atoms with E-state index in [9.17, 15) is 0 Å². The summed E-state index contributed by atoms with van der Waals surface area (Å²) in [5, 5.41) is 0. The van der Waals surface area contributed by atoms with Crippen molar-refractivity contribution in [1.29, 1.82) is 0 Å². The molecule has 0 unspecified atom stereocenters. The van der Waals surface area contributed by atoms with Crippen LogP contribution in [0.3, 0.4) is 0 Å². The SMILES string of the molecule is CC1C2=C(CCCC2)C2=C1CCCC2. The van der Waals surface area contributed by atoms with Gasteiger partial charge in [-0.3, -0.25) is 0 Å². The number of hydrogen-bond acceptors (Lipinski definition) is 0. The topological polar surface area (TPSA) is 0 Å². The van der Waals surface area contributed by atoms with Gasteiger partial charge in [-0.1, -0.05) is 18.1 Å². The monoisotopic (exact) mass is 188 g/mol. The first-order chi connectivity index (χ1) is 6.88. The summed E-state index contributed by atoms with van der Waals surface area (Å²) in [7, 11) is 0. The van der Waals surface area contributed by atoms with Crippen LogP contribution in [0.25, 0.3) is 0 Å². The summed E-state index contributed by atoms with van der Waals surface area (Å²) in [6, 6.07) is 0. The molecule has 0 aromatic rings. The molecule has 0 heteroatoms. The Bertz CT molecular complexity index is 285. The van der Waals surface area contributed by atoms with E-state index in [-0.39, 0.29) is 0 Å². The molecule has 0 heterocycles. The van der Waals surface area contributed by atoms with Crippen molar-refractivity contribution in [3.63, 3.8) is 0 Å². The molecule has 0 spiro atoms. The number of allylic oxidation sites excluding steroid dienone is 4. The van der Waals surface area contributed by atoms with Crippen LogP contribution < -0.4 is 0 Å². The van der Waals surface area contributed by atoms with Crippen molar-refractivity contribution in [2.45, 2.75) is 58.3 Å². The normalized spacial score (nSPS) is 28.1. The standard InChI is InChI=1S/C14H20/c1-10-11-6-2-4-8-13(11)14-9-5-3-7-12(10)14/h10H,2-9H2,1H3.